The lowest BCUT2D eigenvalue weighted by molar-refractivity contribution is -0.155. The molecule has 12 heavy (non-hydrogen) atoms. The smallest absolute Gasteiger partial charge is 0.307 e. The van der Waals surface area contributed by atoms with Gasteiger partial charge in [-0.05, 0) is 19.8 Å². The van der Waals surface area contributed by atoms with Gasteiger partial charge in [0.1, 0.15) is 0 Å². The number of alkyl halides is 1. The van der Waals surface area contributed by atoms with Gasteiger partial charge in [-0.2, -0.15) is 0 Å². The van der Waals surface area contributed by atoms with Crippen LogP contribution in [0.2, 0.25) is 0 Å². The number of carbonyl (C=O) groups is 1. The van der Waals surface area contributed by atoms with Gasteiger partial charge in [0.25, 0.3) is 0 Å². The molecule has 0 aliphatic carbocycles. The van der Waals surface area contributed by atoms with Crippen molar-refractivity contribution in [2.24, 2.45) is 0 Å². The number of rotatable bonds is 7. The van der Waals surface area contributed by atoms with Crippen LogP contribution in [0.5, 0.6) is 0 Å². The van der Waals surface area contributed by atoms with Crippen molar-refractivity contribution < 1.29 is 14.3 Å². The highest BCUT2D eigenvalue weighted by Gasteiger charge is 2.00. The van der Waals surface area contributed by atoms with Gasteiger partial charge in [0.15, 0.2) is 6.79 Å². The maximum absolute atomic E-state index is 10.8. The molecule has 4 heteroatoms. The Morgan fingerprint density at radius 3 is 2.75 bits per heavy atom. The van der Waals surface area contributed by atoms with Crippen LogP contribution in [0.1, 0.15) is 19.3 Å². The van der Waals surface area contributed by atoms with E-state index in [1.807, 2.05) is 0 Å². The number of unbranched alkanes of at least 4 members (excludes halogenated alkanes) is 1. The van der Waals surface area contributed by atoms with E-state index in [2.05, 4.69) is 25.4 Å². The minimum atomic E-state index is -0.232. The summed E-state index contributed by atoms with van der Waals surface area (Å²) in [6.45, 7) is 5.06. The summed E-state index contributed by atoms with van der Waals surface area (Å²) < 4.78 is 9.31. The van der Waals surface area contributed by atoms with Crippen molar-refractivity contribution >= 4 is 21.9 Å². The van der Waals surface area contributed by atoms with E-state index in [1.165, 1.54) is 0 Å². The maximum Gasteiger partial charge on any atom is 0.307 e. The van der Waals surface area contributed by atoms with E-state index >= 15 is 0 Å². The third-order valence-corrected chi connectivity index (χ3v) is 1.75. The standard InChI is InChI=1S/C8H13BrO3/c1-2-11-7-12-8(10)5-3-4-6-9/h1H,2-7H2. The second-order valence-corrected chi connectivity index (χ2v) is 2.94. The summed E-state index contributed by atoms with van der Waals surface area (Å²) in [5.74, 6) is -0.232. The summed E-state index contributed by atoms with van der Waals surface area (Å²) in [6, 6.07) is 0. The van der Waals surface area contributed by atoms with Crippen LogP contribution in [0.3, 0.4) is 0 Å². The predicted octanol–water partition coefficient (Wildman–Crippen LogP) is 1.78. The van der Waals surface area contributed by atoms with Crippen LogP contribution >= 0.6 is 15.9 Å². The lowest BCUT2D eigenvalue weighted by Gasteiger charge is -2.02. The zero-order valence-electron chi connectivity index (χ0n) is 6.92. The fourth-order valence-corrected chi connectivity index (χ4v) is 0.988. The number of esters is 1. The van der Waals surface area contributed by atoms with E-state index in [1.54, 1.807) is 0 Å². The zero-order chi connectivity index (χ0) is 9.23. The molecule has 0 fully saturated rings. The van der Waals surface area contributed by atoms with Crippen LogP contribution in [0.25, 0.3) is 0 Å². The minimum Gasteiger partial charge on any atom is -0.438 e. The molecule has 0 aliphatic rings. The van der Waals surface area contributed by atoms with Crippen LogP contribution in [0.4, 0.5) is 0 Å². The fourth-order valence-electron chi connectivity index (χ4n) is 0.591. The molecule has 0 heterocycles. The second-order valence-electron chi connectivity index (χ2n) is 2.15. The molecular formula is C8H13BrO3. The summed E-state index contributed by atoms with van der Waals surface area (Å²) >= 11 is 3.27. The van der Waals surface area contributed by atoms with Crippen LogP contribution < -0.4 is 0 Å². The summed E-state index contributed by atoms with van der Waals surface area (Å²) in [6.07, 6.45) is 2.26. The Bertz CT molecular complexity index is 105. The van der Waals surface area contributed by atoms with Gasteiger partial charge in [0, 0.05) is 11.8 Å². The molecule has 0 unspecified atom stereocenters. The molecule has 0 amide bonds. The summed E-state index contributed by atoms with van der Waals surface area (Å²) in [5.41, 5.74) is 0. The molecule has 0 saturated heterocycles. The number of ether oxygens (including phenoxy) is 2. The Morgan fingerprint density at radius 1 is 1.42 bits per heavy atom. The molecule has 70 valence electrons. The Hall–Kier alpha value is -0.0900. The van der Waals surface area contributed by atoms with Crippen molar-refractivity contribution in [3.8, 4) is 0 Å². The number of carbonyl (C=O) groups excluding carboxylic acids is 1. The summed E-state index contributed by atoms with van der Waals surface area (Å²) in [7, 11) is 0. The van der Waals surface area contributed by atoms with E-state index in [4.69, 9.17) is 6.92 Å². The molecule has 0 rings (SSSR count). The maximum atomic E-state index is 10.8. The third kappa shape index (κ3) is 8.01. The highest BCUT2D eigenvalue weighted by molar-refractivity contribution is 9.09. The molecule has 0 aliphatic heterocycles. The van der Waals surface area contributed by atoms with Crippen molar-refractivity contribution in [2.45, 2.75) is 19.3 Å². The average Bonchev–Trinajstić information content (AvgIpc) is 2.06. The Kier molecular flexibility index (Phi) is 8.93. The second kappa shape index (κ2) is 9.00. The van der Waals surface area contributed by atoms with Gasteiger partial charge in [-0.15, -0.1) is 0 Å². The van der Waals surface area contributed by atoms with Crippen molar-refractivity contribution in [3.05, 3.63) is 6.92 Å². The van der Waals surface area contributed by atoms with Gasteiger partial charge >= 0.3 is 5.97 Å². The molecule has 2 radical (unpaired) electrons. The third-order valence-electron chi connectivity index (χ3n) is 1.19. The Morgan fingerprint density at radius 2 is 2.17 bits per heavy atom. The molecule has 0 spiro atoms. The van der Waals surface area contributed by atoms with E-state index in [-0.39, 0.29) is 19.4 Å². The highest BCUT2D eigenvalue weighted by atomic mass is 79.9. The summed E-state index contributed by atoms with van der Waals surface area (Å²) in [4.78, 5) is 10.8. The first-order valence-electron chi connectivity index (χ1n) is 3.80. The van der Waals surface area contributed by atoms with E-state index < -0.39 is 0 Å². The highest BCUT2D eigenvalue weighted by Crippen LogP contribution is 1.99. The first kappa shape index (κ1) is 11.9. The average molecular weight is 237 g/mol. The van der Waals surface area contributed by atoms with E-state index in [0.29, 0.717) is 6.42 Å². The van der Waals surface area contributed by atoms with E-state index in [9.17, 15) is 4.79 Å². The topological polar surface area (TPSA) is 35.5 Å². The normalized spacial score (nSPS) is 9.83. The lowest BCUT2D eigenvalue weighted by Crippen LogP contribution is -2.08. The van der Waals surface area contributed by atoms with Gasteiger partial charge in [-0.1, -0.05) is 15.9 Å². The lowest BCUT2D eigenvalue weighted by atomic mass is 10.3. The molecular weight excluding hydrogens is 224 g/mol. The molecule has 0 saturated carbocycles. The van der Waals surface area contributed by atoms with Crippen LogP contribution in [-0.2, 0) is 14.3 Å². The largest absolute Gasteiger partial charge is 0.438 e. The quantitative estimate of drug-likeness (QED) is 0.293. The van der Waals surface area contributed by atoms with E-state index in [0.717, 1.165) is 18.2 Å². The van der Waals surface area contributed by atoms with Crippen LogP contribution in [0.15, 0.2) is 0 Å². The van der Waals surface area contributed by atoms with Gasteiger partial charge in [-0.25, -0.2) is 0 Å². The molecule has 0 aromatic rings. The first-order chi connectivity index (χ1) is 5.81. The van der Waals surface area contributed by atoms with Gasteiger partial charge < -0.3 is 9.47 Å². The van der Waals surface area contributed by atoms with Crippen LogP contribution in [-0.4, -0.2) is 24.7 Å². The molecule has 0 aromatic heterocycles. The SMILES string of the molecule is [CH]COCOC(=O)CCCCBr. The van der Waals surface area contributed by atoms with Gasteiger partial charge in [0.05, 0.1) is 6.61 Å². The molecule has 0 atom stereocenters. The number of hydrogen-bond donors (Lipinski definition) is 0. The van der Waals surface area contributed by atoms with Gasteiger partial charge in [0.2, 0.25) is 0 Å². The minimum absolute atomic E-state index is 0.0380. The van der Waals surface area contributed by atoms with Crippen molar-refractivity contribution in [1.82, 2.24) is 0 Å². The zero-order valence-corrected chi connectivity index (χ0v) is 8.51. The van der Waals surface area contributed by atoms with Crippen molar-refractivity contribution in [1.29, 1.82) is 0 Å². The molecule has 0 N–H and O–H groups in total. The monoisotopic (exact) mass is 236 g/mol. The number of halogens is 1. The van der Waals surface area contributed by atoms with Crippen molar-refractivity contribution in [2.75, 3.05) is 18.7 Å². The fraction of sp³-hybridized carbons (Fsp3) is 0.750. The van der Waals surface area contributed by atoms with Crippen molar-refractivity contribution in [3.63, 3.8) is 0 Å². The van der Waals surface area contributed by atoms with Crippen LogP contribution in [0, 0.1) is 6.92 Å². The number of hydrogen-bond acceptors (Lipinski definition) is 3. The molecule has 3 nitrogen and oxygen atoms in total. The molecule has 0 aromatic carbocycles. The Balaban J connectivity index is 3.10. The first-order valence-corrected chi connectivity index (χ1v) is 4.92. The summed E-state index contributed by atoms with van der Waals surface area (Å²) in [5, 5.41) is 0.916. The Labute approximate surface area is 81.6 Å². The predicted molar refractivity (Wildman–Crippen MR) is 48.9 cm³/mol. The van der Waals surface area contributed by atoms with Gasteiger partial charge in [-0.3, -0.25) is 4.79 Å². The molecule has 0 bridgehead atoms.